The third kappa shape index (κ3) is 2.27. The number of hydrogen-bond acceptors (Lipinski definition) is 6. The Balaban J connectivity index is 2.10. The van der Waals surface area contributed by atoms with Crippen LogP contribution in [0.3, 0.4) is 0 Å². The first kappa shape index (κ1) is 13.7. The minimum atomic E-state index is -3.14. The van der Waals surface area contributed by atoms with Crippen LogP contribution in [0.1, 0.15) is 17.4 Å². The van der Waals surface area contributed by atoms with E-state index in [1.54, 1.807) is 17.7 Å². The maximum atomic E-state index is 11.7. The van der Waals surface area contributed by atoms with Crippen molar-refractivity contribution in [3.63, 3.8) is 0 Å². The highest BCUT2D eigenvalue weighted by molar-refractivity contribution is 7.88. The normalized spacial score (nSPS) is 16.3. The van der Waals surface area contributed by atoms with E-state index in [-0.39, 0.29) is 0 Å². The summed E-state index contributed by atoms with van der Waals surface area (Å²) >= 11 is 1.56. The van der Waals surface area contributed by atoms with Crippen molar-refractivity contribution in [2.45, 2.75) is 19.9 Å². The van der Waals surface area contributed by atoms with Gasteiger partial charge in [0.15, 0.2) is 0 Å². The fourth-order valence-electron chi connectivity index (χ4n) is 2.49. The Morgan fingerprint density at radius 1 is 1.45 bits per heavy atom. The van der Waals surface area contributed by atoms with Gasteiger partial charge in [0.05, 0.1) is 11.6 Å². The average molecular weight is 312 g/mol. The van der Waals surface area contributed by atoms with E-state index in [9.17, 15) is 8.42 Å². The molecule has 0 bridgehead atoms. The van der Waals surface area contributed by atoms with Gasteiger partial charge in [-0.1, -0.05) is 0 Å². The lowest BCUT2D eigenvalue weighted by Gasteiger charge is -2.24. The highest BCUT2D eigenvalue weighted by Gasteiger charge is 2.27. The molecule has 0 aromatic carbocycles. The molecule has 0 spiro atoms. The molecule has 8 heteroatoms. The van der Waals surface area contributed by atoms with Gasteiger partial charge in [0.25, 0.3) is 0 Å². The predicted molar refractivity (Wildman–Crippen MR) is 80.5 cm³/mol. The molecule has 0 unspecified atom stereocenters. The van der Waals surface area contributed by atoms with E-state index in [1.165, 1.54) is 16.1 Å². The highest BCUT2D eigenvalue weighted by Crippen LogP contribution is 2.37. The first-order chi connectivity index (χ1) is 9.50. The van der Waals surface area contributed by atoms with Gasteiger partial charge in [0, 0.05) is 24.5 Å². The Morgan fingerprint density at radius 3 is 2.95 bits per heavy atom. The molecule has 3 rings (SSSR count). The van der Waals surface area contributed by atoms with Crippen LogP contribution in [0.2, 0.25) is 0 Å². The second kappa shape index (κ2) is 4.94. The van der Waals surface area contributed by atoms with Crippen molar-refractivity contribution in [2.24, 2.45) is 0 Å². The van der Waals surface area contributed by atoms with Gasteiger partial charge >= 0.3 is 0 Å². The highest BCUT2D eigenvalue weighted by atomic mass is 32.2. The maximum Gasteiger partial charge on any atom is 0.211 e. The molecule has 1 aliphatic rings. The third-order valence-electron chi connectivity index (χ3n) is 3.42. The number of anilines is 1. The lowest BCUT2D eigenvalue weighted by molar-refractivity contribution is 0.400. The van der Waals surface area contributed by atoms with Crippen LogP contribution < -0.4 is 5.32 Å². The zero-order chi connectivity index (χ0) is 14.3. The first-order valence-electron chi connectivity index (χ1n) is 6.45. The molecule has 0 atom stereocenters. The molecule has 0 saturated carbocycles. The summed E-state index contributed by atoms with van der Waals surface area (Å²) in [5, 5.41) is 4.31. The summed E-state index contributed by atoms with van der Waals surface area (Å²) in [4.78, 5) is 10.6. The molecule has 3 heterocycles. The van der Waals surface area contributed by atoms with Crippen LogP contribution in [0.4, 0.5) is 5.82 Å². The molecule has 2 aromatic heterocycles. The molecule has 0 radical (unpaired) electrons. The molecule has 6 nitrogen and oxygen atoms in total. The van der Waals surface area contributed by atoms with Crippen molar-refractivity contribution < 1.29 is 8.42 Å². The van der Waals surface area contributed by atoms with E-state index in [0.717, 1.165) is 27.5 Å². The Morgan fingerprint density at radius 2 is 2.25 bits per heavy atom. The number of nitrogens with zero attached hydrogens (tertiary/aromatic N) is 3. The lowest BCUT2D eigenvalue weighted by Crippen LogP contribution is -2.34. The van der Waals surface area contributed by atoms with E-state index < -0.39 is 10.0 Å². The molecule has 0 amide bonds. The molecule has 1 aliphatic heterocycles. The van der Waals surface area contributed by atoms with Gasteiger partial charge in [-0.25, -0.2) is 18.4 Å². The molecular weight excluding hydrogens is 296 g/mol. The Kier molecular flexibility index (Phi) is 3.39. The molecular formula is C12H16N4O2S2. The zero-order valence-corrected chi connectivity index (χ0v) is 13.0. The molecule has 0 aliphatic carbocycles. The minimum absolute atomic E-state index is 0.445. The number of sulfonamides is 1. The van der Waals surface area contributed by atoms with Crippen molar-refractivity contribution in [3.05, 3.63) is 16.8 Å². The fourth-order valence-corrected chi connectivity index (χ4v) is 4.56. The SMILES string of the molecule is CCNc1ncnc2sc3c(c12)CCN(S(C)(=O)=O)C3. The average Bonchev–Trinajstić information content (AvgIpc) is 2.76. The summed E-state index contributed by atoms with van der Waals surface area (Å²) in [6.07, 6.45) is 3.53. The fraction of sp³-hybridized carbons (Fsp3) is 0.500. The zero-order valence-electron chi connectivity index (χ0n) is 11.4. The van der Waals surface area contributed by atoms with Crippen LogP contribution in [0.25, 0.3) is 10.2 Å². The number of aromatic nitrogens is 2. The topological polar surface area (TPSA) is 75.2 Å². The summed E-state index contributed by atoms with van der Waals surface area (Å²) in [6, 6.07) is 0. The van der Waals surface area contributed by atoms with E-state index in [0.29, 0.717) is 19.5 Å². The van der Waals surface area contributed by atoms with E-state index in [4.69, 9.17) is 0 Å². The van der Waals surface area contributed by atoms with Crippen molar-refractivity contribution in [1.82, 2.24) is 14.3 Å². The largest absolute Gasteiger partial charge is 0.370 e. The number of hydrogen-bond donors (Lipinski definition) is 1. The summed E-state index contributed by atoms with van der Waals surface area (Å²) in [5.74, 6) is 0.850. The summed E-state index contributed by atoms with van der Waals surface area (Å²) in [6.45, 7) is 3.79. The molecule has 0 fully saturated rings. The van der Waals surface area contributed by atoms with E-state index >= 15 is 0 Å². The van der Waals surface area contributed by atoms with Gasteiger partial charge in [-0.2, -0.15) is 4.31 Å². The molecule has 20 heavy (non-hydrogen) atoms. The third-order valence-corrected chi connectivity index (χ3v) is 5.79. The van der Waals surface area contributed by atoms with Crippen molar-refractivity contribution in [3.8, 4) is 0 Å². The quantitative estimate of drug-likeness (QED) is 0.928. The van der Waals surface area contributed by atoms with Gasteiger partial charge in [-0.15, -0.1) is 11.3 Å². The van der Waals surface area contributed by atoms with Gasteiger partial charge in [0.1, 0.15) is 17.0 Å². The molecule has 1 N–H and O–H groups in total. The van der Waals surface area contributed by atoms with Gasteiger partial charge < -0.3 is 5.32 Å². The molecule has 108 valence electrons. The smallest absolute Gasteiger partial charge is 0.211 e. The second-order valence-corrected chi connectivity index (χ2v) is 7.85. The number of rotatable bonds is 3. The second-order valence-electron chi connectivity index (χ2n) is 4.78. The van der Waals surface area contributed by atoms with Crippen molar-refractivity contribution >= 4 is 37.4 Å². The standard InChI is InChI=1S/C12H16N4O2S2/c1-3-13-11-10-8-4-5-16(20(2,17)18)6-9(8)19-12(10)15-7-14-11/h7H,3-6H2,1-2H3,(H,13,14,15). The Labute approximate surface area is 121 Å². The lowest BCUT2D eigenvalue weighted by atomic mass is 10.1. The van der Waals surface area contributed by atoms with E-state index in [2.05, 4.69) is 15.3 Å². The number of nitrogens with one attached hydrogen (secondary N) is 1. The summed E-state index contributed by atoms with van der Waals surface area (Å²) in [5.41, 5.74) is 1.20. The van der Waals surface area contributed by atoms with Crippen LogP contribution >= 0.6 is 11.3 Å². The van der Waals surface area contributed by atoms with Gasteiger partial charge in [-0.05, 0) is 18.9 Å². The van der Waals surface area contributed by atoms with Crippen molar-refractivity contribution in [2.75, 3.05) is 24.7 Å². The first-order valence-corrected chi connectivity index (χ1v) is 9.11. The van der Waals surface area contributed by atoms with Crippen LogP contribution in [-0.2, 0) is 23.0 Å². The van der Waals surface area contributed by atoms with Crippen LogP contribution in [0.15, 0.2) is 6.33 Å². The predicted octanol–water partition coefficient (Wildman–Crippen LogP) is 1.44. The summed E-state index contributed by atoms with van der Waals surface area (Å²) < 4.78 is 24.9. The van der Waals surface area contributed by atoms with Crippen LogP contribution in [-0.4, -0.2) is 42.0 Å². The van der Waals surface area contributed by atoms with Crippen LogP contribution in [0, 0.1) is 0 Å². The molecule has 0 saturated heterocycles. The summed E-state index contributed by atoms with van der Waals surface area (Å²) in [7, 11) is -3.14. The maximum absolute atomic E-state index is 11.7. The monoisotopic (exact) mass is 312 g/mol. The van der Waals surface area contributed by atoms with Crippen molar-refractivity contribution in [1.29, 1.82) is 0 Å². The number of fused-ring (bicyclic) bond motifs is 3. The Bertz CT molecular complexity index is 754. The number of thiophene rings is 1. The minimum Gasteiger partial charge on any atom is -0.370 e. The van der Waals surface area contributed by atoms with Gasteiger partial charge in [-0.3, -0.25) is 0 Å². The Hall–Kier alpha value is -1.25. The molecule has 2 aromatic rings. The van der Waals surface area contributed by atoms with Crippen LogP contribution in [0.5, 0.6) is 0 Å². The van der Waals surface area contributed by atoms with E-state index in [1.807, 2.05) is 6.92 Å². The van der Waals surface area contributed by atoms with Gasteiger partial charge in [0.2, 0.25) is 10.0 Å².